The van der Waals surface area contributed by atoms with Crippen molar-refractivity contribution in [2.24, 2.45) is 0 Å². The van der Waals surface area contributed by atoms with Gasteiger partial charge in [0, 0.05) is 18.7 Å². The molecule has 1 amide bonds. The molecule has 0 aliphatic carbocycles. The first-order chi connectivity index (χ1) is 8.04. The van der Waals surface area contributed by atoms with E-state index < -0.39 is 5.82 Å². The number of carbonyl (C=O) groups excluding carboxylic acids is 1. The third-order valence-electron chi connectivity index (χ3n) is 2.18. The minimum atomic E-state index is -0.449. The van der Waals surface area contributed by atoms with Crippen LogP contribution in [-0.2, 0) is 4.74 Å². The number of ether oxygens (including phenoxy) is 1. The van der Waals surface area contributed by atoms with Crippen LogP contribution in [0.25, 0.3) is 0 Å². The average molecular weight is 304 g/mol. The monoisotopic (exact) mass is 303 g/mol. The number of benzene rings is 1. The maximum atomic E-state index is 13.2. The van der Waals surface area contributed by atoms with Crippen molar-refractivity contribution in [3.05, 3.63) is 34.1 Å². The standard InChI is InChI=1S/C12H15BrFNO2/c1-3-17-8(2)7-15-12(16)9-4-5-10(13)11(14)6-9/h4-6,8H,3,7H2,1-2H3,(H,15,16). The largest absolute Gasteiger partial charge is 0.377 e. The van der Waals surface area contributed by atoms with Gasteiger partial charge in [-0.1, -0.05) is 0 Å². The molecular weight excluding hydrogens is 289 g/mol. The van der Waals surface area contributed by atoms with Crippen molar-refractivity contribution in [3.8, 4) is 0 Å². The molecule has 0 aliphatic heterocycles. The highest BCUT2D eigenvalue weighted by Crippen LogP contribution is 2.16. The van der Waals surface area contributed by atoms with Gasteiger partial charge in [0.1, 0.15) is 5.82 Å². The summed E-state index contributed by atoms with van der Waals surface area (Å²) in [5.74, 6) is -0.751. The van der Waals surface area contributed by atoms with Gasteiger partial charge in [0.15, 0.2) is 0 Å². The van der Waals surface area contributed by atoms with Crippen molar-refractivity contribution in [2.45, 2.75) is 20.0 Å². The molecule has 0 aliphatic rings. The Hall–Kier alpha value is -0.940. The van der Waals surface area contributed by atoms with Crippen LogP contribution >= 0.6 is 15.9 Å². The second-order valence-corrected chi connectivity index (χ2v) is 4.46. The number of hydrogen-bond acceptors (Lipinski definition) is 2. The zero-order chi connectivity index (χ0) is 12.8. The fourth-order valence-corrected chi connectivity index (χ4v) is 1.57. The van der Waals surface area contributed by atoms with E-state index in [4.69, 9.17) is 4.74 Å². The lowest BCUT2D eigenvalue weighted by molar-refractivity contribution is 0.0695. The Morgan fingerprint density at radius 2 is 2.29 bits per heavy atom. The van der Waals surface area contributed by atoms with Gasteiger partial charge in [-0.15, -0.1) is 0 Å². The first kappa shape index (κ1) is 14.1. The van der Waals surface area contributed by atoms with Gasteiger partial charge < -0.3 is 10.1 Å². The summed E-state index contributed by atoms with van der Waals surface area (Å²) in [6, 6.07) is 4.27. The van der Waals surface area contributed by atoms with E-state index in [1.807, 2.05) is 13.8 Å². The van der Waals surface area contributed by atoms with Crippen LogP contribution < -0.4 is 5.32 Å². The van der Waals surface area contributed by atoms with Gasteiger partial charge >= 0.3 is 0 Å². The van der Waals surface area contributed by atoms with Crippen LogP contribution in [0.4, 0.5) is 4.39 Å². The summed E-state index contributed by atoms with van der Waals surface area (Å²) in [6.45, 7) is 4.77. The molecule has 1 N–H and O–H groups in total. The number of halogens is 2. The van der Waals surface area contributed by atoms with Crippen molar-refractivity contribution in [2.75, 3.05) is 13.2 Å². The molecule has 0 radical (unpaired) electrons. The molecule has 3 nitrogen and oxygen atoms in total. The molecule has 0 saturated heterocycles. The van der Waals surface area contributed by atoms with Gasteiger partial charge in [0.25, 0.3) is 5.91 Å². The van der Waals surface area contributed by atoms with Crippen LogP contribution in [0, 0.1) is 5.82 Å². The summed E-state index contributed by atoms with van der Waals surface area (Å²) in [6.07, 6.45) is -0.0516. The normalized spacial score (nSPS) is 12.2. The second-order valence-electron chi connectivity index (χ2n) is 3.60. The molecule has 0 bridgehead atoms. The molecule has 1 aromatic rings. The van der Waals surface area contributed by atoms with Gasteiger partial charge in [0.05, 0.1) is 10.6 Å². The molecule has 0 heterocycles. The number of hydrogen-bond donors (Lipinski definition) is 1. The lowest BCUT2D eigenvalue weighted by Gasteiger charge is -2.12. The van der Waals surface area contributed by atoms with Crippen molar-refractivity contribution in [3.63, 3.8) is 0 Å². The summed E-state index contributed by atoms with van der Waals surface area (Å²) in [5, 5.41) is 2.68. The molecule has 1 atom stereocenters. The number of carbonyl (C=O) groups is 1. The highest BCUT2D eigenvalue weighted by atomic mass is 79.9. The molecule has 0 saturated carbocycles. The topological polar surface area (TPSA) is 38.3 Å². The van der Waals surface area contributed by atoms with E-state index in [0.717, 1.165) is 0 Å². The van der Waals surface area contributed by atoms with Crippen LogP contribution in [0.15, 0.2) is 22.7 Å². The van der Waals surface area contributed by atoms with E-state index in [-0.39, 0.29) is 12.0 Å². The fraction of sp³-hybridized carbons (Fsp3) is 0.417. The van der Waals surface area contributed by atoms with E-state index in [0.29, 0.717) is 23.2 Å². The van der Waals surface area contributed by atoms with E-state index in [2.05, 4.69) is 21.2 Å². The van der Waals surface area contributed by atoms with Crippen LogP contribution in [-0.4, -0.2) is 25.2 Å². The number of amides is 1. The molecular formula is C12H15BrFNO2. The van der Waals surface area contributed by atoms with Gasteiger partial charge in [-0.3, -0.25) is 4.79 Å². The molecule has 0 aromatic heterocycles. The second kappa shape index (κ2) is 6.71. The molecule has 5 heteroatoms. The van der Waals surface area contributed by atoms with Crippen molar-refractivity contribution in [1.82, 2.24) is 5.32 Å². The summed E-state index contributed by atoms with van der Waals surface area (Å²) < 4.78 is 18.8. The van der Waals surface area contributed by atoms with Gasteiger partial charge in [-0.2, -0.15) is 0 Å². The Morgan fingerprint density at radius 3 is 2.88 bits per heavy atom. The minimum absolute atomic E-state index is 0.0516. The maximum absolute atomic E-state index is 13.2. The molecule has 0 spiro atoms. The molecule has 17 heavy (non-hydrogen) atoms. The first-order valence-corrected chi connectivity index (χ1v) is 6.18. The molecule has 1 unspecified atom stereocenters. The highest BCUT2D eigenvalue weighted by molar-refractivity contribution is 9.10. The molecule has 1 aromatic carbocycles. The molecule has 0 fully saturated rings. The third-order valence-corrected chi connectivity index (χ3v) is 2.83. The SMILES string of the molecule is CCOC(C)CNC(=O)c1ccc(Br)c(F)c1. The van der Waals surface area contributed by atoms with E-state index in [1.54, 1.807) is 6.07 Å². The summed E-state index contributed by atoms with van der Waals surface area (Å²) in [7, 11) is 0. The van der Waals surface area contributed by atoms with Crippen molar-refractivity contribution < 1.29 is 13.9 Å². The molecule has 94 valence electrons. The minimum Gasteiger partial charge on any atom is -0.377 e. The maximum Gasteiger partial charge on any atom is 0.251 e. The fourth-order valence-electron chi connectivity index (χ4n) is 1.32. The zero-order valence-corrected chi connectivity index (χ0v) is 11.4. The van der Waals surface area contributed by atoms with Gasteiger partial charge in [-0.05, 0) is 48.0 Å². The Morgan fingerprint density at radius 1 is 1.59 bits per heavy atom. The smallest absolute Gasteiger partial charge is 0.251 e. The predicted octanol–water partition coefficient (Wildman–Crippen LogP) is 2.74. The summed E-state index contributed by atoms with van der Waals surface area (Å²) in [5.41, 5.74) is 0.300. The highest BCUT2D eigenvalue weighted by Gasteiger charge is 2.09. The quantitative estimate of drug-likeness (QED) is 0.908. The van der Waals surface area contributed by atoms with E-state index >= 15 is 0 Å². The number of nitrogens with one attached hydrogen (secondary N) is 1. The Labute approximate surface area is 108 Å². The third kappa shape index (κ3) is 4.44. The average Bonchev–Trinajstić information content (AvgIpc) is 2.30. The van der Waals surface area contributed by atoms with Gasteiger partial charge in [-0.25, -0.2) is 4.39 Å². The lowest BCUT2D eigenvalue weighted by Crippen LogP contribution is -2.32. The van der Waals surface area contributed by atoms with Crippen LogP contribution in [0.5, 0.6) is 0 Å². The van der Waals surface area contributed by atoms with Crippen LogP contribution in [0.1, 0.15) is 24.2 Å². The lowest BCUT2D eigenvalue weighted by atomic mass is 10.2. The van der Waals surface area contributed by atoms with Gasteiger partial charge in [0.2, 0.25) is 0 Å². The van der Waals surface area contributed by atoms with Crippen LogP contribution in [0.3, 0.4) is 0 Å². The Bertz CT molecular complexity index is 398. The summed E-state index contributed by atoms with van der Waals surface area (Å²) >= 11 is 3.03. The Kier molecular flexibility index (Phi) is 5.58. The number of rotatable bonds is 5. The van der Waals surface area contributed by atoms with Crippen molar-refractivity contribution in [1.29, 1.82) is 0 Å². The first-order valence-electron chi connectivity index (χ1n) is 5.39. The zero-order valence-electron chi connectivity index (χ0n) is 9.80. The van der Waals surface area contributed by atoms with Crippen molar-refractivity contribution >= 4 is 21.8 Å². The van der Waals surface area contributed by atoms with E-state index in [9.17, 15) is 9.18 Å². The van der Waals surface area contributed by atoms with Crippen LogP contribution in [0.2, 0.25) is 0 Å². The molecule has 1 rings (SSSR count). The predicted molar refractivity (Wildman–Crippen MR) is 67.5 cm³/mol. The Balaban J connectivity index is 2.55. The summed E-state index contributed by atoms with van der Waals surface area (Å²) in [4.78, 5) is 11.7. The van der Waals surface area contributed by atoms with E-state index in [1.165, 1.54) is 12.1 Å².